The summed E-state index contributed by atoms with van der Waals surface area (Å²) in [5, 5.41) is 11.6. The number of piperidine rings is 1. The molecule has 0 radical (unpaired) electrons. The van der Waals surface area contributed by atoms with Crippen molar-refractivity contribution < 1.29 is 9.59 Å². The van der Waals surface area contributed by atoms with Crippen molar-refractivity contribution in [3.05, 3.63) is 59.8 Å². The Kier molecular flexibility index (Phi) is 7.08. The number of nitrogens with one attached hydrogen (secondary N) is 2. The van der Waals surface area contributed by atoms with Gasteiger partial charge in [0.2, 0.25) is 5.91 Å². The van der Waals surface area contributed by atoms with Crippen LogP contribution in [-0.4, -0.2) is 52.7 Å². The summed E-state index contributed by atoms with van der Waals surface area (Å²) in [4.78, 5) is 27.5. The van der Waals surface area contributed by atoms with Crippen molar-refractivity contribution >= 4 is 28.4 Å². The first-order valence-corrected chi connectivity index (χ1v) is 11.7. The van der Waals surface area contributed by atoms with Crippen LogP contribution in [0.2, 0.25) is 0 Å². The maximum absolute atomic E-state index is 13.0. The molecule has 2 aromatic carbocycles. The smallest absolute Gasteiger partial charge is 0.272 e. The number of amides is 2. The van der Waals surface area contributed by atoms with E-state index in [4.69, 9.17) is 0 Å². The van der Waals surface area contributed by atoms with E-state index in [0.29, 0.717) is 24.7 Å². The molecule has 3 aromatic rings. The van der Waals surface area contributed by atoms with Crippen LogP contribution in [0.5, 0.6) is 0 Å². The molecule has 0 unspecified atom stereocenters. The second-order valence-corrected chi connectivity index (χ2v) is 9.25. The molecule has 2 amide bonds. The summed E-state index contributed by atoms with van der Waals surface area (Å²) in [5.41, 5.74) is 3.42. The molecule has 1 aliphatic rings. The summed E-state index contributed by atoms with van der Waals surface area (Å²) in [7, 11) is 0. The number of aryl methyl sites for hydroxylation is 1. The molecule has 7 heteroatoms. The van der Waals surface area contributed by atoms with Gasteiger partial charge in [-0.2, -0.15) is 5.10 Å². The summed E-state index contributed by atoms with van der Waals surface area (Å²) in [5.74, 6) is 0.299. The first-order valence-electron chi connectivity index (χ1n) is 11.7. The minimum atomic E-state index is -0.116. The molecule has 0 spiro atoms. The molecule has 0 bridgehead atoms. The summed E-state index contributed by atoms with van der Waals surface area (Å²) in [6.45, 7) is 8.90. The summed E-state index contributed by atoms with van der Waals surface area (Å²) < 4.78 is 1.92. The van der Waals surface area contributed by atoms with Gasteiger partial charge in [0.05, 0.1) is 12.1 Å². The lowest BCUT2D eigenvalue weighted by Crippen LogP contribution is -2.42. The standard InChI is InChI=1S/C26H33N5O2/c1-18(2)31-23-10-9-19(3)15-22(23)25(29-31)26(33)27-16-20-11-13-30(14-12-20)17-24(32)28-21-7-5-4-6-8-21/h4-10,15,18,20H,11-14,16-17H2,1-3H3,(H,27,33)(H,28,32). The van der Waals surface area contributed by atoms with Crippen LogP contribution in [0.4, 0.5) is 5.69 Å². The normalized spacial score (nSPS) is 15.2. The van der Waals surface area contributed by atoms with E-state index < -0.39 is 0 Å². The average molecular weight is 448 g/mol. The molecule has 2 heterocycles. The Bertz CT molecular complexity index is 1110. The largest absolute Gasteiger partial charge is 0.350 e. The highest BCUT2D eigenvalue weighted by atomic mass is 16.2. The molecular weight excluding hydrogens is 414 g/mol. The van der Waals surface area contributed by atoms with E-state index in [1.165, 1.54) is 0 Å². The number of likely N-dealkylation sites (tertiary alicyclic amines) is 1. The first-order chi connectivity index (χ1) is 15.9. The third-order valence-electron chi connectivity index (χ3n) is 6.25. The van der Waals surface area contributed by atoms with Crippen LogP contribution in [0, 0.1) is 12.8 Å². The van der Waals surface area contributed by atoms with Crippen molar-refractivity contribution in [1.82, 2.24) is 20.0 Å². The molecule has 174 valence electrons. The zero-order valence-corrected chi connectivity index (χ0v) is 19.7. The Morgan fingerprint density at radius 2 is 1.82 bits per heavy atom. The third kappa shape index (κ3) is 5.60. The van der Waals surface area contributed by atoms with E-state index in [9.17, 15) is 9.59 Å². The molecule has 2 N–H and O–H groups in total. The minimum absolute atomic E-state index is 0.0101. The van der Waals surface area contributed by atoms with Gasteiger partial charge in [-0.25, -0.2) is 0 Å². The van der Waals surface area contributed by atoms with Gasteiger partial charge in [0.1, 0.15) is 0 Å². The topological polar surface area (TPSA) is 79.3 Å². The van der Waals surface area contributed by atoms with Crippen LogP contribution in [0.15, 0.2) is 48.5 Å². The Labute approximate surface area is 195 Å². The van der Waals surface area contributed by atoms with E-state index in [1.807, 2.05) is 54.1 Å². The highest BCUT2D eigenvalue weighted by Crippen LogP contribution is 2.23. The van der Waals surface area contributed by atoms with Gasteiger partial charge in [-0.15, -0.1) is 0 Å². The highest BCUT2D eigenvalue weighted by molar-refractivity contribution is 6.05. The number of carbonyl (C=O) groups excluding carboxylic acids is 2. The van der Waals surface area contributed by atoms with Gasteiger partial charge < -0.3 is 10.6 Å². The fraction of sp³-hybridized carbons (Fsp3) is 0.423. The van der Waals surface area contributed by atoms with E-state index in [2.05, 4.69) is 40.5 Å². The summed E-state index contributed by atoms with van der Waals surface area (Å²) >= 11 is 0. The number of hydrogen-bond donors (Lipinski definition) is 2. The van der Waals surface area contributed by atoms with Crippen molar-refractivity contribution in [3.63, 3.8) is 0 Å². The van der Waals surface area contributed by atoms with Crippen molar-refractivity contribution in [2.24, 2.45) is 5.92 Å². The SMILES string of the molecule is Cc1ccc2c(c1)c(C(=O)NCC1CCN(CC(=O)Nc3ccccc3)CC1)nn2C(C)C. The van der Waals surface area contributed by atoms with Gasteiger partial charge in [-0.3, -0.25) is 19.2 Å². The summed E-state index contributed by atoms with van der Waals surface area (Å²) in [6, 6.07) is 15.8. The van der Waals surface area contributed by atoms with Crippen LogP contribution < -0.4 is 10.6 Å². The molecule has 0 aliphatic carbocycles. The van der Waals surface area contributed by atoms with Crippen molar-refractivity contribution in [1.29, 1.82) is 0 Å². The third-order valence-corrected chi connectivity index (χ3v) is 6.25. The minimum Gasteiger partial charge on any atom is -0.350 e. The van der Waals surface area contributed by atoms with Gasteiger partial charge in [0, 0.05) is 23.7 Å². The van der Waals surface area contributed by atoms with Crippen LogP contribution >= 0.6 is 0 Å². The lowest BCUT2D eigenvalue weighted by Gasteiger charge is -2.31. The number of hydrogen-bond acceptors (Lipinski definition) is 4. The molecule has 4 rings (SSSR count). The molecule has 1 aromatic heterocycles. The van der Waals surface area contributed by atoms with Crippen LogP contribution in [0.1, 0.15) is 48.8 Å². The van der Waals surface area contributed by atoms with E-state index >= 15 is 0 Å². The van der Waals surface area contributed by atoms with Crippen molar-refractivity contribution in [2.75, 3.05) is 31.5 Å². The van der Waals surface area contributed by atoms with Gasteiger partial charge >= 0.3 is 0 Å². The second kappa shape index (κ2) is 10.2. The Hall–Kier alpha value is -3.19. The Morgan fingerprint density at radius 1 is 1.09 bits per heavy atom. The fourth-order valence-electron chi connectivity index (χ4n) is 4.41. The van der Waals surface area contributed by atoms with Gasteiger partial charge in [0.15, 0.2) is 5.69 Å². The van der Waals surface area contributed by atoms with E-state index in [-0.39, 0.29) is 17.9 Å². The average Bonchev–Trinajstić information content (AvgIpc) is 3.18. The second-order valence-electron chi connectivity index (χ2n) is 9.25. The molecule has 33 heavy (non-hydrogen) atoms. The predicted octanol–water partition coefficient (Wildman–Crippen LogP) is 4.01. The molecule has 1 saturated heterocycles. The number of fused-ring (bicyclic) bond motifs is 1. The lowest BCUT2D eigenvalue weighted by atomic mass is 9.96. The molecule has 7 nitrogen and oxygen atoms in total. The van der Waals surface area contributed by atoms with Gasteiger partial charge in [-0.1, -0.05) is 29.8 Å². The predicted molar refractivity (Wildman–Crippen MR) is 131 cm³/mol. The first kappa shape index (κ1) is 23.0. The molecule has 0 saturated carbocycles. The maximum Gasteiger partial charge on any atom is 0.272 e. The van der Waals surface area contributed by atoms with Crippen molar-refractivity contribution in [2.45, 2.75) is 39.7 Å². The quantitative estimate of drug-likeness (QED) is 0.574. The van der Waals surface area contributed by atoms with Crippen molar-refractivity contribution in [3.8, 4) is 0 Å². The summed E-state index contributed by atoms with van der Waals surface area (Å²) in [6.07, 6.45) is 1.92. The molecule has 1 fully saturated rings. The monoisotopic (exact) mass is 447 g/mol. The molecule has 1 aliphatic heterocycles. The molecular formula is C26H33N5O2. The van der Waals surface area contributed by atoms with Crippen LogP contribution in [-0.2, 0) is 4.79 Å². The number of anilines is 1. The Morgan fingerprint density at radius 3 is 2.52 bits per heavy atom. The van der Waals surface area contributed by atoms with E-state index in [0.717, 1.165) is 48.1 Å². The lowest BCUT2D eigenvalue weighted by molar-refractivity contribution is -0.117. The Balaban J connectivity index is 1.28. The maximum atomic E-state index is 13.0. The van der Waals surface area contributed by atoms with Crippen LogP contribution in [0.25, 0.3) is 10.9 Å². The zero-order chi connectivity index (χ0) is 23.4. The van der Waals surface area contributed by atoms with E-state index in [1.54, 1.807) is 0 Å². The number of carbonyl (C=O) groups is 2. The van der Waals surface area contributed by atoms with Gasteiger partial charge in [-0.05, 0) is 76.9 Å². The van der Waals surface area contributed by atoms with Gasteiger partial charge in [0.25, 0.3) is 5.91 Å². The number of para-hydroxylation sites is 1. The highest BCUT2D eigenvalue weighted by Gasteiger charge is 2.23. The number of benzene rings is 2. The fourth-order valence-corrected chi connectivity index (χ4v) is 4.41. The number of rotatable bonds is 7. The number of aromatic nitrogens is 2. The number of nitrogens with zero attached hydrogens (tertiary/aromatic N) is 3. The molecule has 0 atom stereocenters. The van der Waals surface area contributed by atoms with Crippen LogP contribution in [0.3, 0.4) is 0 Å². The zero-order valence-electron chi connectivity index (χ0n) is 19.7.